The van der Waals surface area contributed by atoms with Gasteiger partial charge < -0.3 is 10.6 Å². The average Bonchev–Trinajstić information content (AvgIpc) is 2.76. The number of benzene rings is 3. The van der Waals surface area contributed by atoms with Gasteiger partial charge in [-0.15, -0.1) is 10.2 Å². The smallest absolute Gasteiger partial charge is 0.255 e. The van der Waals surface area contributed by atoms with E-state index in [1.54, 1.807) is 12.1 Å². The van der Waals surface area contributed by atoms with Crippen molar-refractivity contribution in [3.8, 4) is 11.3 Å². The highest BCUT2D eigenvalue weighted by atomic mass is 16.1. The van der Waals surface area contributed by atoms with Gasteiger partial charge in [-0.2, -0.15) is 0 Å². The van der Waals surface area contributed by atoms with E-state index in [1.165, 1.54) is 5.56 Å². The molecule has 0 spiro atoms. The van der Waals surface area contributed by atoms with Crippen LogP contribution in [-0.4, -0.2) is 16.1 Å². The van der Waals surface area contributed by atoms with Crippen LogP contribution in [0.1, 0.15) is 27.0 Å². The highest BCUT2D eigenvalue weighted by molar-refractivity contribution is 6.05. The maximum atomic E-state index is 12.7. The van der Waals surface area contributed by atoms with Gasteiger partial charge in [-0.1, -0.05) is 47.5 Å². The highest BCUT2D eigenvalue weighted by Gasteiger charge is 2.09. The number of hydrogen-bond acceptors (Lipinski definition) is 4. The lowest BCUT2D eigenvalue weighted by Crippen LogP contribution is -2.13. The van der Waals surface area contributed by atoms with Gasteiger partial charge in [0.15, 0.2) is 5.82 Å². The molecule has 3 aromatic carbocycles. The number of rotatable bonds is 5. The van der Waals surface area contributed by atoms with Crippen LogP contribution in [0.15, 0.2) is 78.9 Å². The Morgan fingerprint density at radius 3 is 2.32 bits per heavy atom. The van der Waals surface area contributed by atoms with Crippen LogP contribution >= 0.6 is 0 Å². The third kappa shape index (κ3) is 4.95. The Labute approximate surface area is 182 Å². The molecule has 4 aromatic rings. The minimum absolute atomic E-state index is 0.156. The van der Waals surface area contributed by atoms with E-state index in [0.717, 1.165) is 33.8 Å². The van der Waals surface area contributed by atoms with Crippen molar-refractivity contribution in [1.29, 1.82) is 0 Å². The Hall–Kier alpha value is -3.99. The van der Waals surface area contributed by atoms with Crippen LogP contribution in [0, 0.1) is 20.8 Å². The second-order valence-electron chi connectivity index (χ2n) is 7.65. The molecule has 0 bridgehead atoms. The van der Waals surface area contributed by atoms with Crippen molar-refractivity contribution in [3.63, 3.8) is 0 Å². The van der Waals surface area contributed by atoms with E-state index in [-0.39, 0.29) is 5.91 Å². The number of hydrogen-bond donors (Lipinski definition) is 2. The van der Waals surface area contributed by atoms with E-state index in [1.807, 2.05) is 68.4 Å². The van der Waals surface area contributed by atoms with Crippen LogP contribution in [0.4, 0.5) is 17.2 Å². The van der Waals surface area contributed by atoms with Gasteiger partial charge in [0.25, 0.3) is 5.91 Å². The van der Waals surface area contributed by atoms with Crippen molar-refractivity contribution < 1.29 is 4.79 Å². The third-order valence-corrected chi connectivity index (χ3v) is 5.01. The number of nitrogens with one attached hydrogen (secondary N) is 2. The molecule has 5 heteroatoms. The molecular weight excluding hydrogens is 384 g/mol. The maximum absolute atomic E-state index is 12.7. The summed E-state index contributed by atoms with van der Waals surface area (Å²) in [5.74, 6) is 0.458. The molecule has 1 amide bonds. The van der Waals surface area contributed by atoms with Crippen LogP contribution in [0.3, 0.4) is 0 Å². The summed E-state index contributed by atoms with van der Waals surface area (Å²) in [5.41, 5.74) is 7.37. The van der Waals surface area contributed by atoms with E-state index in [0.29, 0.717) is 11.4 Å². The Morgan fingerprint density at radius 2 is 1.58 bits per heavy atom. The van der Waals surface area contributed by atoms with Crippen molar-refractivity contribution in [1.82, 2.24) is 10.2 Å². The third-order valence-electron chi connectivity index (χ3n) is 5.01. The molecule has 0 aliphatic rings. The quantitative estimate of drug-likeness (QED) is 0.421. The number of aryl methyl sites for hydroxylation is 3. The van der Waals surface area contributed by atoms with Crippen LogP contribution in [0.5, 0.6) is 0 Å². The van der Waals surface area contributed by atoms with Crippen LogP contribution < -0.4 is 10.6 Å². The van der Waals surface area contributed by atoms with Gasteiger partial charge in [-0.05, 0) is 68.8 Å². The molecule has 2 N–H and O–H groups in total. The minimum atomic E-state index is -0.156. The van der Waals surface area contributed by atoms with Crippen molar-refractivity contribution >= 4 is 23.1 Å². The predicted octanol–water partition coefficient (Wildman–Crippen LogP) is 6.06. The van der Waals surface area contributed by atoms with Crippen molar-refractivity contribution in [2.75, 3.05) is 10.6 Å². The lowest BCUT2D eigenvalue weighted by Gasteiger charge is -2.11. The second-order valence-corrected chi connectivity index (χ2v) is 7.65. The lowest BCUT2D eigenvalue weighted by atomic mass is 10.1. The van der Waals surface area contributed by atoms with Gasteiger partial charge in [-0.3, -0.25) is 4.79 Å². The Bertz CT molecular complexity index is 1230. The van der Waals surface area contributed by atoms with Crippen molar-refractivity contribution in [3.05, 3.63) is 101 Å². The fourth-order valence-corrected chi connectivity index (χ4v) is 3.39. The number of aromatic nitrogens is 2. The summed E-state index contributed by atoms with van der Waals surface area (Å²) in [7, 11) is 0. The average molecular weight is 409 g/mol. The van der Waals surface area contributed by atoms with Crippen LogP contribution in [-0.2, 0) is 0 Å². The molecule has 4 rings (SSSR count). The molecule has 0 atom stereocenters. The first-order chi connectivity index (χ1) is 15.0. The Morgan fingerprint density at radius 1 is 0.774 bits per heavy atom. The number of nitrogens with zero attached hydrogens (tertiary/aromatic N) is 2. The summed E-state index contributed by atoms with van der Waals surface area (Å²) in [6.07, 6.45) is 0. The van der Waals surface area contributed by atoms with Gasteiger partial charge in [-0.25, -0.2) is 0 Å². The fraction of sp³-hybridized carbons (Fsp3) is 0.115. The zero-order valence-corrected chi connectivity index (χ0v) is 17.8. The first-order valence-corrected chi connectivity index (χ1v) is 10.1. The van der Waals surface area contributed by atoms with Crippen LogP contribution in [0.25, 0.3) is 11.3 Å². The molecule has 1 aromatic heterocycles. The van der Waals surface area contributed by atoms with E-state index in [2.05, 4.69) is 39.9 Å². The summed E-state index contributed by atoms with van der Waals surface area (Å²) in [6, 6.07) is 25.2. The molecule has 0 saturated carbocycles. The SMILES string of the molecule is Cc1cccc(-c2ccc(Nc3cccc(C(=O)Nc4ccc(C)cc4C)c3)nn2)c1. The molecule has 0 unspecified atom stereocenters. The number of anilines is 3. The molecule has 0 aliphatic carbocycles. The number of carbonyl (C=O) groups is 1. The molecule has 154 valence electrons. The van der Waals surface area contributed by atoms with Gasteiger partial charge in [0, 0.05) is 22.5 Å². The Balaban J connectivity index is 1.47. The van der Waals surface area contributed by atoms with Gasteiger partial charge in [0.1, 0.15) is 0 Å². The minimum Gasteiger partial charge on any atom is -0.339 e. The molecule has 0 aliphatic heterocycles. The number of amides is 1. The molecule has 0 saturated heterocycles. The monoisotopic (exact) mass is 408 g/mol. The Kier molecular flexibility index (Phi) is 5.76. The summed E-state index contributed by atoms with van der Waals surface area (Å²) < 4.78 is 0. The molecule has 0 radical (unpaired) electrons. The highest BCUT2D eigenvalue weighted by Crippen LogP contribution is 2.22. The topological polar surface area (TPSA) is 66.9 Å². The summed E-state index contributed by atoms with van der Waals surface area (Å²) in [5, 5.41) is 14.8. The molecule has 31 heavy (non-hydrogen) atoms. The van der Waals surface area contributed by atoms with E-state index < -0.39 is 0 Å². The van der Waals surface area contributed by atoms with E-state index in [4.69, 9.17) is 0 Å². The van der Waals surface area contributed by atoms with Crippen molar-refractivity contribution in [2.45, 2.75) is 20.8 Å². The normalized spacial score (nSPS) is 10.5. The maximum Gasteiger partial charge on any atom is 0.255 e. The fourth-order valence-electron chi connectivity index (χ4n) is 3.39. The molecular formula is C26H24N4O. The van der Waals surface area contributed by atoms with Gasteiger partial charge in [0.2, 0.25) is 0 Å². The zero-order valence-electron chi connectivity index (χ0n) is 17.8. The lowest BCUT2D eigenvalue weighted by molar-refractivity contribution is 0.102. The zero-order chi connectivity index (χ0) is 21.8. The van der Waals surface area contributed by atoms with Crippen molar-refractivity contribution in [2.24, 2.45) is 0 Å². The predicted molar refractivity (Wildman–Crippen MR) is 126 cm³/mol. The largest absolute Gasteiger partial charge is 0.339 e. The summed E-state index contributed by atoms with van der Waals surface area (Å²) in [6.45, 7) is 6.07. The molecule has 1 heterocycles. The molecule has 0 fully saturated rings. The summed E-state index contributed by atoms with van der Waals surface area (Å²) >= 11 is 0. The molecule has 5 nitrogen and oxygen atoms in total. The second kappa shape index (κ2) is 8.79. The summed E-state index contributed by atoms with van der Waals surface area (Å²) in [4.78, 5) is 12.7. The van der Waals surface area contributed by atoms with E-state index in [9.17, 15) is 4.79 Å². The van der Waals surface area contributed by atoms with E-state index >= 15 is 0 Å². The standard InChI is InChI=1S/C26H24N4O/c1-17-6-4-7-20(15-17)24-12-13-25(30-29-24)27-22-9-5-8-21(16-22)26(31)28-23-11-10-18(2)14-19(23)3/h4-16H,1-3H3,(H,27,30)(H,28,31). The number of carbonyl (C=O) groups excluding carboxylic acids is 1. The van der Waals surface area contributed by atoms with Gasteiger partial charge >= 0.3 is 0 Å². The first kappa shape index (κ1) is 20.3. The van der Waals surface area contributed by atoms with Crippen LogP contribution in [0.2, 0.25) is 0 Å². The van der Waals surface area contributed by atoms with Gasteiger partial charge in [0.05, 0.1) is 5.69 Å². The first-order valence-electron chi connectivity index (χ1n) is 10.1.